The molecule has 0 aliphatic carbocycles. The zero-order valence-corrected chi connectivity index (χ0v) is 34.7. The second kappa shape index (κ2) is 27.6. The van der Waals surface area contributed by atoms with E-state index < -0.39 is 0 Å². The molecule has 284 valence electrons. The Hall–Kier alpha value is -1.99. The van der Waals surface area contributed by atoms with Gasteiger partial charge in [-0.2, -0.15) is 0 Å². The molecule has 0 aromatic heterocycles. The van der Waals surface area contributed by atoms with Gasteiger partial charge < -0.3 is 5.53 Å². The summed E-state index contributed by atoms with van der Waals surface area (Å²) in [7, 11) is 0. The monoisotopic (exact) mass is 727 g/mol. The first-order valence-corrected chi connectivity index (χ1v) is 22.4. The van der Waals surface area contributed by atoms with Crippen molar-refractivity contribution in [3.8, 4) is 0 Å². The molecule has 0 atom stereocenters. The number of benzene rings is 2. The summed E-state index contributed by atoms with van der Waals surface area (Å²) >= 11 is 1.97. The molecule has 2 nitrogen and oxygen atoms in total. The molecule has 3 heteroatoms. The second-order valence-electron chi connectivity index (χ2n) is 14.7. The van der Waals surface area contributed by atoms with E-state index in [0.29, 0.717) is 0 Å². The molecule has 0 amide bonds. The van der Waals surface area contributed by atoms with Crippen LogP contribution in [0, 0.1) is 0 Å². The third-order valence-electron chi connectivity index (χ3n) is 9.77. The van der Waals surface area contributed by atoms with Crippen molar-refractivity contribution in [3.63, 3.8) is 0 Å². The summed E-state index contributed by atoms with van der Waals surface area (Å²) in [6, 6.07) is 14.1. The summed E-state index contributed by atoms with van der Waals surface area (Å²) in [5.74, 6) is 0. The summed E-state index contributed by atoms with van der Waals surface area (Å²) in [6.07, 6.45) is 30.1. The van der Waals surface area contributed by atoms with Crippen LogP contribution >= 0.6 is 0 Å². The maximum atomic E-state index is 11.6. The van der Waals surface area contributed by atoms with Crippen molar-refractivity contribution in [1.29, 1.82) is 0 Å². The van der Waals surface area contributed by atoms with Crippen molar-refractivity contribution in [3.05, 3.63) is 87.0 Å². The molecule has 0 fully saturated rings. The molecule has 0 saturated carbocycles. The fourth-order valence-electron chi connectivity index (χ4n) is 6.73. The molecule has 0 bridgehead atoms. The predicted octanol–water partition coefficient (Wildman–Crippen LogP) is 15.7. The molecular formula is C47H76N2Ni. The van der Waals surface area contributed by atoms with Gasteiger partial charge in [-0.05, 0) is 105 Å². The summed E-state index contributed by atoms with van der Waals surface area (Å²) in [5.41, 5.74) is 22.6. The molecule has 0 radical (unpaired) electrons. The van der Waals surface area contributed by atoms with Crippen LogP contribution in [-0.2, 0) is 40.1 Å². The Balaban J connectivity index is 0.000000677. The third kappa shape index (κ3) is 17.0. The summed E-state index contributed by atoms with van der Waals surface area (Å²) in [6.45, 7) is 15.8. The Labute approximate surface area is 316 Å². The molecule has 0 saturated heterocycles. The minimum absolute atomic E-state index is 0.913. The fourth-order valence-corrected chi connectivity index (χ4v) is 7.97. The molecule has 1 heterocycles. The Morgan fingerprint density at radius 2 is 0.840 bits per heavy atom. The van der Waals surface area contributed by atoms with E-state index in [9.17, 15) is 5.53 Å². The molecule has 50 heavy (non-hydrogen) atoms. The third-order valence-corrected chi connectivity index (χ3v) is 11.2. The van der Waals surface area contributed by atoms with Crippen LogP contribution in [0.2, 0.25) is 10.8 Å². The van der Waals surface area contributed by atoms with E-state index in [4.69, 9.17) is 0 Å². The van der Waals surface area contributed by atoms with Crippen molar-refractivity contribution in [2.45, 2.75) is 201 Å². The maximum absolute atomic E-state index is 11.6. The SMILES string of the molecule is CCCCCCc1cc(CCCCCC)cc(C2=C(C)C=C(c3cc(CCCC)cc(CCCC)c3)[N+]2=[N-])c1.CCCC[CH2][Ni][CH2]CCCC. The number of hydrogen-bond acceptors (Lipinski definition) is 0. The van der Waals surface area contributed by atoms with Gasteiger partial charge in [-0.3, -0.25) is 0 Å². The summed E-state index contributed by atoms with van der Waals surface area (Å²) in [4.78, 5) is 0. The first kappa shape index (κ1) is 44.2. The zero-order chi connectivity index (χ0) is 36.4. The van der Waals surface area contributed by atoms with Crippen LogP contribution in [0.5, 0.6) is 0 Å². The molecule has 0 unspecified atom stereocenters. The summed E-state index contributed by atoms with van der Waals surface area (Å²) < 4.78 is 1.48. The van der Waals surface area contributed by atoms with Crippen LogP contribution in [0.25, 0.3) is 16.9 Å². The summed E-state index contributed by atoms with van der Waals surface area (Å²) in [5, 5.41) is 2.81. The molecule has 3 rings (SSSR count). The van der Waals surface area contributed by atoms with Gasteiger partial charge in [0.15, 0.2) is 0 Å². The van der Waals surface area contributed by atoms with Crippen LogP contribution in [-0.4, -0.2) is 4.70 Å². The minimum atomic E-state index is 0.913. The van der Waals surface area contributed by atoms with Gasteiger partial charge in [-0.25, -0.2) is 4.70 Å². The number of unbranched alkanes of at least 4 members (excludes halogenated alkanes) is 12. The second-order valence-corrected chi connectivity index (χ2v) is 16.1. The number of aryl methyl sites for hydroxylation is 4. The first-order valence-electron chi connectivity index (χ1n) is 21.0. The number of nitrogens with zero attached hydrogens (tertiary/aromatic N) is 2. The molecule has 1 aliphatic rings. The number of allylic oxidation sites excluding steroid dienone is 2. The van der Waals surface area contributed by atoms with E-state index in [1.165, 1.54) is 153 Å². The Morgan fingerprint density at radius 1 is 0.460 bits per heavy atom. The van der Waals surface area contributed by atoms with Gasteiger partial charge in [0.2, 0.25) is 11.4 Å². The van der Waals surface area contributed by atoms with Crippen LogP contribution in [0.1, 0.15) is 197 Å². The van der Waals surface area contributed by atoms with Gasteiger partial charge in [0, 0.05) is 22.8 Å². The zero-order valence-electron chi connectivity index (χ0n) is 33.7. The first-order chi connectivity index (χ1) is 24.4. The van der Waals surface area contributed by atoms with Crippen molar-refractivity contribution < 1.29 is 19.1 Å². The van der Waals surface area contributed by atoms with Crippen LogP contribution in [0.15, 0.2) is 48.0 Å². The van der Waals surface area contributed by atoms with E-state index in [1.807, 2.05) is 14.4 Å². The normalized spacial score (nSPS) is 12.9. The van der Waals surface area contributed by atoms with Gasteiger partial charge in [0.1, 0.15) is 0 Å². The van der Waals surface area contributed by atoms with Gasteiger partial charge >= 0.3 is 77.6 Å². The Bertz CT molecular complexity index is 1220. The molecule has 0 spiro atoms. The molecular weight excluding hydrogens is 651 g/mol. The topological polar surface area (TPSA) is 25.3 Å². The quantitative estimate of drug-likeness (QED) is 0.0524. The van der Waals surface area contributed by atoms with E-state index in [1.54, 1.807) is 0 Å². The van der Waals surface area contributed by atoms with Crippen LogP contribution in [0.4, 0.5) is 0 Å². The van der Waals surface area contributed by atoms with Crippen molar-refractivity contribution in [2.75, 3.05) is 0 Å². The van der Waals surface area contributed by atoms with Crippen molar-refractivity contribution in [2.24, 2.45) is 0 Å². The van der Waals surface area contributed by atoms with Gasteiger partial charge in [0.05, 0.1) is 0 Å². The number of hydrogen-bond donors (Lipinski definition) is 0. The van der Waals surface area contributed by atoms with E-state index in [0.717, 1.165) is 53.8 Å². The Morgan fingerprint density at radius 3 is 1.26 bits per heavy atom. The van der Waals surface area contributed by atoms with E-state index in [2.05, 4.69) is 90.9 Å². The molecule has 2 aromatic rings. The molecule has 2 aromatic carbocycles. The predicted molar refractivity (Wildman–Crippen MR) is 219 cm³/mol. The Kier molecular flexibility index (Phi) is 24.4. The van der Waals surface area contributed by atoms with Crippen molar-refractivity contribution in [1.82, 2.24) is 0 Å². The standard InChI is InChI=1S/C37H54N2.2C5H11.Ni/c1-6-10-14-16-20-32-24-33(21-17-15-11-7-2)28-35(27-32)37-29(5)22-36(39(37)38)34-25-30(18-12-8-3)23-31(26-34)19-13-9-4;2*1-3-5-4-2;/h22-28H,6-21H2,1-5H3;2*1,3-5H2,2H3;. The average Bonchev–Trinajstić information content (AvgIpc) is 3.43. The van der Waals surface area contributed by atoms with E-state index >= 15 is 0 Å². The molecule has 0 N–H and O–H groups in total. The number of rotatable bonds is 26. The van der Waals surface area contributed by atoms with E-state index in [-0.39, 0.29) is 0 Å². The van der Waals surface area contributed by atoms with Crippen molar-refractivity contribution >= 4 is 11.4 Å². The van der Waals surface area contributed by atoms with Gasteiger partial charge in [-0.1, -0.05) is 91.2 Å². The van der Waals surface area contributed by atoms with Crippen LogP contribution in [0.3, 0.4) is 0 Å². The van der Waals surface area contributed by atoms with Gasteiger partial charge in [0.25, 0.3) is 0 Å². The van der Waals surface area contributed by atoms with Crippen LogP contribution < -0.4 is 0 Å². The molecule has 1 aliphatic heterocycles. The average molecular weight is 728 g/mol. The van der Waals surface area contributed by atoms with Gasteiger partial charge in [-0.15, -0.1) is 0 Å². The fraction of sp³-hybridized carbons (Fsp3) is 0.660.